The molecule has 1 heterocycles. The minimum absolute atomic E-state index is 0.101. The van der Waals surface area contributed by atoms with E-state index in [0.29, 0.717) is 18.8 Å². The molecule has 0 aromatic heterocycles. The number of sulfonamides is 1. The fourth-order valence-electron chi connectivity index (χ4n) is 3.17. The normalized spacial score (nSPS) is 15.6. The summed E-state index contributed by atoms with van der Waals surface area (Å²) in [6.07, 6.45) is 3.72. The molecule has 1 aliphatic heterocycles. The molecule has 3 rings (SSSR count). The lowest BCUT2D eigenvalue weighted by Gasteiger charge is -2.21. The number of carbonyl (C=O) groups excluding carboxylic acids is 1. The molecule has 150 valence electrons. The van der Waals surface area contributed by atoms with Crippen LogP contribution in [0.5, 0.6) is 5.75 Å². The molecule has 0 spiro atoms. The largest absolute Gasteiger partial charge is 0.495 e. The molecule has 1 saturated heterocycles. The van der Waals surface area contributed by atoms with E-state index in [-0.39, 0.29) is 16.1 Å². The summed E-state index contributed by atoms with van der Waals surface area (Å²) < 4.78 is 45.8. The van der Waals surface area contributed by atoms with E-state index in [1.807, 2.05) is 0 Å². The predicted octanol–water partition coefficient (Wildman–Crippen LogP) is 3.65. The molecule has 1 N–H and O–H groups in total. The predicted molar refractivity (Wildman–Crippen MR) is 105 cm³/mol. The van der Waals surface area contributed by atoms with Gasteiger partial charge in [0.25, 0.3) is 5.91 Å². The highest BCUT2D eigenvalue weighted by atomic mass is 32.2. The first-order chi connectivity index (χ1) is 13.4. The van der Waals surface area contributed by atoms with Gasteiger partial charge in [-0.1, -0.05) is 12.8 Å². The van der Waals surface area contributed by atoms with Gasteiger partial charge < -0.3 is 10.1 Å². The summed E-state index contributed by atoms with van der Waals surface area (Å²) in [5.41, 5.74) is 0.497. The van der Waals surface area contributed by atoms with Crippen LogP contribution in [0, 0.1) is 5.82 Å². The van der Waals surface area contributed by atoms with Gasteiger partial charge in [0.15, 0.2) is 0 Å². The van der Waals surface area contributed by atoms with Crippen LogP contribution in [0.4, 0.5) is 10.1 Å². The number of benzene rings is 2. The summed E-state index contributed by atoms with van der Waals surface area (Å²) in [7, 11) is -2.23. The number of nitrogens with one attached hydrogen (secondary N) is 1. The second-order valence-electron chi connectivity index (χ2n) is 6.64. The highest BCUT2D eigenvalue weighted by molar-refractivity contribution is 7.89. The van der Waals surface area contributed by atoms with Crippen LogP contribution in [0.1, 0.15) is 36.0 Å². The highest BCUT2D eigenvalue weighted by Gasteiger charge is 2.26. The van der Waals surface area contributed by atoms with Crippen molar-refractivity contribution in [3.05, 3.63) is 53.8 Å². The summed E-state index contributed by atoms with van der Waals surface area (Å²) in [5.74, 6) is -0.590. The van der Waals surface area contributed by atoms with Gasteiger partial charge in [0.05, 0.1) is 17.7 Å². The average Bonchev–Trinajstić information content (AvgIpc) is 2.98. The molecule has 1 fully saturated rings. The number of amides is 1. The molecular weight excluding hydrogens is 383 g/mol. The van der Waals surface area contributed by atoms with E-state index in [1.54, 1.807) is 0 Å². The molecule has 0 bridgehead atoms. The molecule has 28 heavy (non-hydrogen) atoms. The fourth-order valence-corrected chi connectivity index (χ4v) is 4.72. The number of hydrogen-bond acceptors (Lipinski definition) is 4. The van der Waals surface area contributed by atoms with Crippen molar-refractivity contribution in [2.24, 2.45) is 0 Å². The summed E-state index contributed by atoms with van der Waals surface area (Å²) >= 11 is 0. The minimum atomic E-state index is -3.66. The fraction of sp³-hybridized carbons (Fsp3) is 0.350. The molecular formula is C20H23FN2O4S. The lowest BCUT2D eigenvalue weighted by atomic mass is 10.2. The standard InChI is InChI=1S/C20H23FN2O4S/c1-27-19-11-10-17(28(25,26)23-12-4-2-3-5-13-23)14-18(19)22-20(24)15-6-8-16(21)9-7-15/h6-11,14H,2-5,12-13H2,1H3,(H,22,24). The van der Waals surface area contributed by atoms with Crippen molar-refractivity contribution < 1.29 is 22.3 Å². The van der Waals surface area contributed by atoms with Crippen molar-refractivity contribution in [2.75, 3.05) is 25.5 Å². The van der Waals surface area contributed by atoms with Gasteiger partial charge in [0, 0.05) is 18.7 Å². The zero-order valence-electron chi connectivity index (χ0n) is 15.7. The topological polar surface area (TPSA) is 75.7 Å². The van der Waals surface area contributed by atoms with Crippen molar-refractivity contribution in [2.45, 2.75) is 30.6 Å². The van der Waals surface area contributed by atoms with Crippen LogP contribution in [0.15, 0.2) is 47.4 Å². The molecule has 8 heteroatoms. The lowest BCUT2D eigenvalue weighted by Crippen LogP contribution is -2.32. The first-order valence-electron chi connectivity index (χ1n) is 9.17. The van der Waals surface area contributed by atoms with Gasteiger partial charge in [-0.05, 0) is 55.3 Å². The van der Waals surface area contributed by atoms with Gasteiger partial charge in [0.2, 0.25) is 10.0 Å². The van der Waals surface area contributed by atoms with Gasteiger partial charge in [0.1, 0.15) is 11.6 Å². The van der Waals surface area contributed by atoms with Crippen molar-refractivity contribution in [3.8, 4) is 5.75 Å². The number of rotatable bonds is 5. The quantitative estimate of drug-likeness (QED) is 0.822. The van der Waals surface area contributed by atoms with Crippen molar-refractivity contribution in [1.29, 1.82) is 0 Å². The summed E-state index contributed by atoms with van der Waals surface area (Å²) in [6, 6.07) is 9.49. The maximum atomic E-state index is 13.1. The van der Waals surface area contributed by atoms with Gasteiger partial charge >= 0.3 is 0 Å². The van der Waals surface area contributed by atoms with E-state index in [2.05, 4.69) is 5.32 Å². The molecule has 2 aromatic rings. The molecule has 1 aliphatic rings. The Morgan fingerprint density at radius 1 is 1.04 bits per heavy atom. The number of anilines is 1. The zero-order chi connectivity index (χ0) is 20.1. The Labute approximate surface area is 164 Å². The Morgan fingerprint density at radius 2 is 1.68 bits per heavy atom. The van der Waals surface area contributed by atoms with Crippen LogP contribution in [0.25, 0.3) is 0 Å². The van der Waals surface area contributed by atoms with Gasteiger partial charge in [-0.2, -0.15) is 4.31 Å². The number of nitrogens with zero attached hydrogens (tertiary/aromatic N) is 1. The smallest absolute Gasteiger partial charge is 0.255 e. The SMILES string of the molecule is COc1ccc(S(=O)(=O)N2CCCCCC2)cc1NC(=O)c1ccc(F)cc1. The van der Waals surface area contributed by atoms with Crippen LogP contribution in [-0.2, 0) is 10.0 Å². The molecule has 0 unspecified atom stereocenters. The van der Waals surface area contributed by atoms with E-state index in [4.69, 9.17) is 4.74 Å². The van der Waals surface area contributed by atoms with E-state index in [0.717, 1.165) is 25.7 Å². The maximum absolute atomic E-state index is 13.1. The average molecular weight is 406 g/mol. The van der Waals surface area contributed by atoms with Crippen LogP contribution in [-0.4, -0.2) is 38.8 Å². The third-order valence-electron chi connectivity index (χ3n) is 4.73. The van der Waals surface area contributed by atoms with Crippen LogP contribution >= 0.6 is 0 Å². The molecule has 0 atom stereocenters. The summed E-state index contributed by atoms with van der Waals surface area (Å²) in [4.78, 5) is 12.6. The molecule has 0 saturated carbocycles. The number of halogens is 1. The third-order valence-corrected chi connectivity index (χ3v) is 6.62. The van der Waals surface area contributed by atoms with Gasteiger partial charge in [-0.3, -0.25) is 4.79 Å². The second-order valence-corrected chi connectivity index (χ2v) is 8.58. The van der Waals surface area contributed by atoms with Crippen molar-refractivity contribution in [3.63, 3.8) is 0 Å². The third kappa shape index (κ3) is 4.51. The zero-order valence-corrected chi connectivity index (χ0v) is 16.5. The van der Waals surface area contributed by atoms with E-state index in [1.165, 1.54) is 53.9 Å². The van der Waals surface area contributed by atoms with Gasteiger partial charge in [-0.15, -0.1) is 0 Å². The summed E-state index contributed by atoms with van der Waals surface area (Å²) in [5, 5.41) is 2.66. The Hall–Kier alpha value is -2.45. The molecule has 2 aromatic carbocycles. The van der Waals surface area contributed by atoms with E-state index >= 15 is 0 Å². The monoisotopic (exact) mass is 406 g/mol. The first-order valence-corrected chi connectivity index (χ1v) is 10.6. The molecule has 1 amide bonds. The maximum Gasteiger partial charge on any atom is 0.255 e. The Kier molecular flexibility index (Phi) is 6.31. The first kappa shape index (κ1) is 20.3. The van der Waals surface area contributed by atoms with Gasteiger partial charge in [-0.25, -0.2) is 12.8 Å². The van der Waals surface area contributed by atoms with Crippen LogP contribution < -0.4 is 10.1 Å². The number of carbonyl (C=O) groups is 1. The van der Waals surface area contributed by atoms with Crippen molar-refractivity contribution in [1.82, 2.24) is 4.31 Å². The van der Waals surface area contributed by atoms with E-state index < -0.39 is 21.7 Å². The molecule has 0 radical (unpaired) electrons. The van der Waals surface area contributed by atoms with Crippen molar-refractivity contribution >= 4 is 21.6 Å². The summed E-state index contributed by atoms with van der Waals surface area (Å²) in [6.45, 7) is 0.983. The molecule has 6 nitrogen and oxygen atoms in total. The highest BCUT2D eigenvalue weighted by Crippen LogP contribution is 2.30. The lowest BCUT2D eigenvalue weighted by molar-refractivity contribution is 0.102. The van der Waals surface area contributed by atoms with Crippen LogP contribution in [0.3, 0.4) is 0 Å². The number of hydrogen-bond donors (Lipinski definition) is 1. The molecule has 0 aliphatic carbocycles. The number of ether oxygens (including phenoxy) is 1. The Balaban J connectivity index is 1.89. The van der Waals surface area contributed by atoms with E-state index in [9.17, 15) is 17.6 Å². The second kappa shape index (κ2) is 8.70. The number of methoxy groups -OCH3 is 1. The Bertz CT molecular complexity index is 937. The Morgan fingerprint density at radius 3 is 2.29 bits per heavy atom. The minimum Gasteiger partial charge on any atom is -0.495 e. The van der Waals surface area contributed by atoms with Crippen LogP contribution in [0.2, 0.25) is 0 Å².